The number of anilines is 1. The van der Waals surface area contributed by atoms with Gasteiger partial charge in [0.05, 0.1) is 18.8 Å². The van der Waals surface area contributed by atoms with Gasteiger partial charge in [-0.1, -0.05) is 37.5 Å². The Labute approximate surface area is 133 Å². The standard InChI is InChI=1S/C18H28N2O2/c21-18(8-4-1-5-9-18)15-19-14-16-6-2-3-7-17(16)20-10-12-22-13-11-20/h2-3,6-7,19,21H,1,4-5,8-15H2. The van der Waals surface area contributed by atoms with Gasteiger partial charge in [-0.2, -0.15) is 0 Å². The van der Waals surface area contributed by atoms with Gasteiger partial charge in [-0.3, -0.25) is 0 Å². The lowest BCUT2D eigenvalue weighted by Crippen LogP contribution is -2.42. The molecular formula is C18H28N2O2. The molecule has 1 saturated carbocycles. The normalized spacial score (nSPS) is 21.8. The molecule has 1 aliphatic heterocycles. The highest BCUT2D eigenvalue weighted by Crippen LogP contribution is 2.27. The summed E-state index contributed by atoms with van der Waals surface area (Å²) in [5, 5.41) is 14.1. The van der Waals surface area contributed by atoms with Crippen molar-refractivity contribution in [1.29, 1.82) is 0 Å². The van der Waals surface area contributed by atoms with Gasteiger partial charge in [0, 0.05) is 31.9 Å². The molecule has 0 unspecified atom stereocenters. The molecule has 1 aliphatic carbocycles. The van der Waals surface area contributed by atoms with Gasteiger partial charge in [-0.15, -0.1) is 0 Å². The molecule has 0 radical (unpaired) electrons. The Hall–Kier alpha value is -1.10. The van der Waals surface area contributed by atoms with Gasteiger partial charge in [-0.05, 0) is 24.5 Å². The summed E-state index contributed by atoms with van der Waals surface area (Å²) >= 11 is 0. The zero-order valence-electron chi connectivity index (χ0n) is 13.4. The maximum absolute atomic E-state index is 10.6. The Morgan fingerprint density at radius 2 is 1.82 bits per heavy atom. The summed E-state index contributed by atoms with van der Waals surface area (Å²) in [5.41, 5.74) is 2.12. The quantitative estimate of drug-likeness (QED) is 0.876. The zero-order chi connectivity index (χ0) is 15.3. The number of rotatable bonds is 5. The Bertz CT molecular complexity index is 466. The van der Waals surface area contributed by atoms with E-state index in [1.807, 2.05) is 0 Å². The summed E-state index contributed by atoms with van der Waals surface area (Å²) in [7, 11) is 0. The third-order valence-corrected chi connectivity index (χ3v) is 4.90. The molecule has 3 rings (SSSR count). The highest BCUT2D eigenvalue weighted by atomic mass is 16.5. The number of nitrogens with one attached hydrogen (secondary N) is 1. The average Bonchev–Trinajstić information content (AvgIpc) is 2.57. The van der Waals surface area contributed by atoms with Crippen molar-refractivity contribution < 1.29 is 9.84 Å². The van der Waals surface area contributed by atoms with Crippen molar-refractivity contribution in [2.24, 2.45) is 0 Å². The molecule has 2 aliphatic rings. The third-order valence-electron chi connectivity index (χ3n) is 4.90. The fraction of sp³-hybridized carbons (Fsp3) is 0.667. The van der Waals surface area contributed by atoms with Crippen LogP contribution in [0.3, 0.4) is 0 Å². The number of morpholine rings is 1. The van der Waals surface area contributed by atoms with E-state index in [1.54, 1.807) is 0 Å². The Morgan fingerprint density at radius 3 is 2.59 bits per heavy atom. The van der Waals surface area contributed by atoms with Crippen LogP contribution < -0.4 is 10.2 Å². The van der Waals surface area contributed by atoms with Crippen molar-refractivity contribution in [3.05, 3.63) is 29.8 Å². The molecule has 2 fully saturated rings. The molecule has 1 saturated heterocycles. The maximum atomic E-state index is 10.6. The lowest BCUT2D eigenvalue weighted by atomic mass is 9.85. The van der Waals surface area contributed by atoms with Crippen molar-refractivity contribution in [2.45, 2.75) is 44.2 Å². The van der Waals surface area contributed by atoms with Crippen LogP contribution in [-0.4, -0.2) is 43.6 Å². The first-order valence-corrected chi connectivity index (χ1v) is 8.61. The minimum atomic E-state index is -0.494. The van der Waals surface area contributed by atoms with Gasteiger partial charge in [0.15, 0.2) is 0 Å². The summed E-state index contributed by atoms with van der Waals surface area (Å²) < 4.78 is 5.44. The van der Waals surface area contributed by atoms with Crippen molar-refractivity contribution in [2.75, 3.05) is 37.7 Å². The van der Waals surface area contributed by atoms with Gasteiger partial charge in [0.1, 0.15) is 0 Å². The van der Waals surface area contributed by atoms with E-state index in [4.69, 9.17) is 4.74 Å². The number of benzene rings is 1. The molecule has 4 heteroatoms. The summed E-state index contributed by atoms with van der Waals surface area (Å²) in [6.45, 7) is 5.05. The minimum Gasteiger partial charge on any atom is -0.389 e. The van der Waals surface area contributed by atoms with Crippen molar-refractivity contribution in [3.63, 3.8) is 0 Å². The Kier molecular flexibility index (Phi) is 5.34. The molecule has 0 spiro atoms. The van der Waals surface area contributed by atoms with Crippen LogP contribution in [0, 0.1) is 0 Å². The van der Waals surface area contributed by atoms with Crippen LogP contribution in [0.15, 0.2) is 24.3 Å². The van der Waals surface area contributed by atoms with Crippen molar-refractivity contribution in [3.8, 4) is 0 Å². The van der Waals surface area contributed by atoms with E-state index < -0.39 is 5.60 Å². The summed E-state index contributed by atoms with van der Waals surface area (Å²) in [6.07, 6.45) is 5.45. The molecule has 2 N–H and O–H groups in total. The van der Waals surface area contributed by atoms with E-state index in [0.717, 1.165) is 58.5 Å². The number of hydrogen-bond acceptors (Lipinski definition) is 4. The van der Waals surface area contributed by atoms with Crippen LogP contribution in [0.25, 0.3) is 0 Å². The van der Waals surface area contributed by atoms with Gasteiger partial charge in [0.2, 0.25) is 0 Å². The lowest BCUT2D eigenvalue weighted by molar-refractivity contribution is 0.00468. The van der Waals surface area contributed by atoms with Crippen LogP contribution in [0.2, 0.25) is 0 Å². The van der Waals surface area contributed by atoms with Crippen LogP contribution >= 0.6 is 0 Å². The van der Waals surface area contributed by atoms with Crippen LogP contribution in [0.4, 0.5) is 5.69 Å². The molecule has 1 heterocycles. The van der Waals surface area contributed by atoms with E-state index >= 15 is 0 Å². The minimum absolute atomic E-state index is 0.494. The largest absolute Gasteiger partial charge is 0.389 e. The first-order valence-electron chi connectivity index (χ1n) is 8.61. The third kappa shape index (κ3) is 4.00. The van der Waals surface area contributed by atoms with E-state index in [9.17, 15) is 5.11 Å². The van der Waals surface area contributed by atoms with E-state index in [-0.39, 0.29) is 0 Å². The molecule has 1 aromatic carbocycles. The van der Waals surface area contributed by atoms with Crippen molar-refractivity contribution in [1.82, 2.24) is 5.32 Å². The highest BCUT2D eigenvalue weighted by molar-refractivity contribution is 5.53. The fourth-order valence-electron chi connectivity index (χ4n) is 3.59. The summed E-state index contributed by atoms with van der Waals surface area (Å²) in [4.78, 5) is 2.40. The summed E-state index contributed by atoms with van der Waals surface area (Å²) in [5.74, 6) is 0. The Balaban J connectivity index is 1.57. The van der Waals surface area contributed by atoms with E-state index in [1.165, 1.54) is 17.7 Å². The number of nitrogens with zero attached hydrogens (tertiary/aromatic N) is 1. The molecular weight excluding hydrogens is 276 g/mol. The molecule has 0 bridgehead atoms. The number of ether oxygens (including phenoxy) is 1. The summed E-state index contributed by atoms with van der Waals surface area (Å²) in [6, 6.07) is 8.57. The second kappa shape index (κ2) is 7.44. The van der Waals surface area contributed by atoms with Crippen LogP contribution in [0.5, 0.6) is 0 Å². The number of para-hydroxylation sites is 1. The van der Waals surface area contributed by atoms with Crippen LogP contribution in [-0.2, 0) is 11.3 Å². The lowest BCUT2D eigenvalue weighted by Gasteiger charge is -2.33. The second-order valence-corrected chi connectivity index (χ2v) is 6.62. The first kappa shape index (κ1) is 15.8. The number of hydrogen-bond donors (Lipinski definition) is 2. The monoisotopic (exact) mass is 304 g/mol. The molecule has 122 valence electrons. The molecule has 4 nitrogen and oxygen atoms in total. The second-order valence-electron chi connectivity index (χ2n) is 6.62. The fourth-order valence-corrected chi connectivity index (χ4v) is 3.59. The molecule has 22 heavy (non-hydrogen) atoms. The molecule has 0 aromatic heterocycles. The van der Waals surface area contributed by atoms with Crippen molar-refractivity contribution >= 4 is 5.69 Å². The smallest absolute Gasteiger partial charge is 0.0771 e. The highest BCUT2D eigenvalue weighted by Gasteiger charge is 2.28. The molecule has 1 aromatic rings. The van der Waals surface area contributed by atoms with Gasteiger partial charge >= 0.3 is 0 Å². The topological polar surface area (TPSA) is 44.7 Å². The maximum Gasteiger partial charge on any atom is 0.0771 e. The molecule has 0 atom stereocenters. The first-order chi connectivity index (χ1) is 10.8. The SMILES string of the molecule is OC1(CNCc2ccccc2N2CCOCC2)CCCCC1. The number of aliphatic hydroxyl groups is 1. The van der Waals surface area contributed by atoms with E-state index in [0.29, 0.717) is 6.54 Å². The average molecular weight is 304 g/mol. The predicted molar refractivity (Wildman–Crippen MR) is 89.2 cm³/mol. The van der Waals surface area contributed by atoms with Crippen LogP contribution in [0.1, 0.15) is 37.7 Å². The Morgan fingerprint density at radius 1 is 1.09 bits per heavy atom. The molecule has 0 amide bonds. The van der Waals surface area contributed by atoms with Gasteiger partial charge < -0.3 is 20.1 Å². The van der Waals surface area contributed by atoms with Gasteiger partial charge in [-0.25, -0.2) is 0 Å². The van der Waals surface area contributed by atoms with E-state index in [2.05, 4.69) is 34.5 Å². The predicted octanol–water partition coefficient (Wildman–Crippen LogP) is 2.31. The van der Waals surface area contributed by atoms with Gasteiger partial charge in [0.25, 0.3) is 0 Å². The zero-order valence-corrected chi connectivity index (χ0v) is 13.4.